The molecule has 0 spiro atoms. The van der Waals surface area contributed by atoms with Crippen LogP contribution in [0.4, 0.5) is 4.79 Å². The third-order valence-corrected chi connectivity index (χ3v) is 0. The molecule has 0 saturated heterocycles. The van der Waals surface area contributed by atoms with Gasteiger partial charge in [-0.15, -0.1) is 0 Å². The standard InChI is InChI=1S/CH2O3.O.Zr/c2-1(3)4;;/h(H2,2,3,4);;/q;;+2/p-2. The maximum atomic E-state index is 8.34. The van der Waals surface area contributed by atoms with Crippen LogP contribution in [0, 0.1) is 0 Å². The van der Waals surface area contributed by atoms with Crippen molar-refractivity contribution >= 4 is 6.16 Å². The molecule has 0 radical (unpaired) electrons. The molecule has 0 N–H and O–H groups in total. The summed E-state index contributed by atoms with van der Waals surface area (Å²) < 4.78 is 8.34. The first-order valence-corrected chi connectivity index (χ1v) is 1.82. The van der Waals surface area contributed by atoms with Crippen LogP contribution in [0.25, 0.3) is 0 Å². The van der Waals surface area contributed by atoms with E-state index >= 15 is 0 Å². The summed E-state index contributed by atoms with van der Waals surface area (Å²) in [6, 6.07) is 0. The van der Waals surface area contributed by atoms with Gasteiger partial charge in [-0.05, 0) is 6.16 Å². The molecule has 0 saturated carbocycles. The molecule has 32 valence electrons. The topological polar surface area (TPSA) is 80.3 Å². The molecule has 6 heavy (non-hydrogen) atoms. The zero-order valence-corrected chi connectivity index (χ0v) is 5.09. The third-order valence-electron chi connectivity index (χ3n) is 0. The van der Waals surface area contributed by atoms with Gasteiger partial charge >= 0.3 is 27.5 Å². The summed E-state index contributed by atoms with van der Waals surface area (Å²) in [7, 11) is 0. The van der Waals surface area contributed by atoms with Crippen LogP contribution in [-0.2, 0) is 27.5 Å². The summed E-state index contributed by atoms with van der Waals surface area (Å²) >= 11 is 0.300. The van der Waals surface area contributed by atoms with Crippen molar-refractivity contribution in [3.63, 3.8) is 0 Å². The number of carboxylic acid groups (broad SMARTS) is 2. The van der Waals surface area contributed by atoms with Crippen LogP contribution in [-0.4, -0.2) is 6.16 Å². The van der Waals surface area contributed by atoms with Crippen molar-refractivity contribution in [1.29, 1.82) is 0 Å². The number of carbonyl (C=O) groups excluding carboxylic acids is 1. The Morgan fingerprint density at radius 3 is 1.33 bits per heavy atom. The Hall–Kier alpha value is -0.0469. The van der Waals surface area contributed by atoms with E-state index < -0.39 is 6.16 Å². The van der Waals surface area contributed by atoms with Crippen LogP contribution in [0.3, 0.4) is 0 Å². The fourth-order valence-electron chi connectivity index (χ4n) is 0. The molecule has 0 amide bonds. The van der Waals surface area contributed by atoms with Gasteiger partial charge in [0, 0.05) is 0 Å². The molecule has 0 fully saturated rings. The molecule has 4 nitrogen and oxygen atoms in total. The molecule has 0 bridgehead atoms. The molecule has 0 aromatic rings. The molecule has 0 aromatic carbocycles. The predicted molar refractivity (Wildman–Crippen MR) is 6.08 cm³/mol. The van der Waals surface area contributed by atoms with Crippen LogP contribution in [0.5, 0.6) is 0 Å². The summed E-state index contributed by atoms with van der Waals surface area (Å²) in [5, 5.41) is 16.7. The molecule has 0 aliphatic rings. The molecule has 0 rings (SSSR count). The van der Waals surface area contributed by atoms with Crippen LogP contribution in [0.15, 0.2) is 0 Å². The van der Waals surface area contributed by atoms with E-state index in [1.54, 1.807) is 0 Å². The van der Waals surface area contributed by atoms with E-state index in [2.05, 4.69) is 0 Å². The number of hydrogen-bond acceptors (Lipinski definition) is 4. The van der Waals surface area contributed by atoms with Gasteiger partial charge in [-0.3, -0.25) is 0 Å². The molecule has 0 heterocycles. The van der Waals surface area contributed by atoms with E-state index in [0.717, 1.165) is 0 Å². The molecular weight excluding hydrogens is 167 g/mol. The Morgan fingerprint density at radius 2 is 1.33 bits per heavy atom. The Kier molecular flexibility index (Phi) is 13.8. The van der Waals surface area contributed by atoms with Gasteiger partial charge in [0.2, 0.25) is 0 Å². The summed E-state index contributed by atoms with van der Waals surface area (Å²) in [5.74, 6) is 0. The quantitative estimate of drug-likeness (QED) is 0.397. The van der Waals surface area contributed by atoms with E-state index in [4.69, 9.17) is 17.8 Å². The molecule has 0 aliphatic carbocycles. The Morgan fingerprint density at radius 1 is 1.33 bits per heavy atom. The van der Waals surface area contributed by atoms with Crippen LogP contribution in [0.1, 0.15) is 0 Å². The van der Waals surface area contributed by atoms with E-state index in [1.807, 2.05) is 0 Å². The molecule has 5 heteroatoms. The van der Waals surface area contributed by atoms with Gasteiger partial charge in [0.15, 0.2) is 0 Å². The maximum absolute atomic E-state index is 8.34. The average molecular weight is 167 g/mol. The van der Waals surface area contributed by atoms with Crippen molar-refractivity contribution in [3.8, 4) is 0 Å². The predicted octanol–water partition coefficient (Wildman–Crippen LogP) is -2.57. The average Bonchev–Trinajstić information content (AvgIpc) is 1.41. The molecule has 0 aliphatic heterocycles. The number of carbonyl (C=O) groups is 1. The van der Waals surface area contributed by atoms with Gasteiger partial charge in [-0.25, -0.2) is 0 Å². The molecular formula is CO4Zr. The van der Waals surface area contributed by atoms with E-state index in [-0.39, 0.29) is 0 Å². The zero-order chi connectivity index (χ0) is 5.58. The van der Waals surface area contributed by atoms with Gasteiger partial charge in [-0.1, -0.05) is 0 Å². The van der Waals surface area contributed by atoms with E-state index in [1.165, 1.54) is 0 Å². The molecule has 0 aromatic heterocycles. The third kappa shape index (κ3) is 15700. The van der Waals surface area contributed by atoms with E-state index in [0.29, 0.717) is 24.7 Å². The van der Waals surface area contributed by atoms with Crippen molar-refractivity contribution < 1.29 is 42.5 Å². The summed E-state index contributed by atoms with van der Waals surface area (Å²) in [5.41, 5.74) is 0. The summed E-state index contributed by atoms with van der Waals surface area (Å²) in [6.07, 6.45) is -2.33. The number of hydrogen-bond donors (Lipinski definition) is 0. The van der Waals surface area contributed by atoms with Gasteiger partial charge in [0.1, 0.15) is 0 Å². The second kappa shape index (κ2) is 8.88. The summed E-state index contributed by atoms with van der Waals surface area (Å²) in [6.45, 7) is 0. The fraction of sp³-hybridized carbons (Fsp3) is 0. The van der Waals surface area contributed by atoms with Crippen molar-refractivity contribution in [2.45, 2.75) is 0 Å². The minimum atomic E-state index is -2.33. The Balaban J connectivity index is 0. The fourth-order valence-corrected chi connectivity index (χ4v) is 0. The first kappa shape index (κ1) is 9.35. The number of rotatable bonds is 0. The van der Waals surface area contributed by atoms with Crippen molar-refractivity contribution in [2.75, 3.05) is 0 Å². The first-order valence-electron chi connectivity index (χ1n) is 0.816. The summed E-state index contributed by atoms with van der Waals surface area (Å²) in [4.78, 5) is 8.33. The SMILES string of the molecule is O=C([O-])[O-].[O]=[Zr+2]. The van der Waals surface area contributed by atoms with Crippen molar-refractivity contribution in [2.24, 2.45) is 0 Å². The van der Waals surface area contributed by atoms with Gasteiger partial charge in [0.25, 0.3) is 0 Å². The van der Waals surface area contributed by atoms with Gasteiger partial charge in [-0.2, -0.15) is 0 Å². The molecule has 0 atom stereocenters. The van der Waals surface area contributed by atoms with Crippen LogP contribution >= 0.6 is 0 Å². The Labute approximate surface area is 49.1 Å². The van der Waals surface area contributed by atoms with Gasteiger partial charge < -0.3 is 15.0 Å². The van der Waals surface area contributed by atoms with Crippen LogP contribution in [0.2, 0.25) is 0 Å². The van der Waals surface area contributed by atoms with Crippen LogP contribution < -0.4 is 10.2 Å². The van der Waals surface area contributed by atoms with Crippen molar-refractivity contribution in [3.05, 3.63) is 0 Å². The minimum absolute atomic E-state index is 0.300. The van der Waals surface area contributed by atoms with Gasteiger partial charge in [0.05, 0.1) is 0 Å². The molecule has 0 unspecified atom stereocenters. The zero-order valence-electron chi connectivity index (χ0n) is 2.63. The normalized spacial score (nSPS) is 5.00. The monoisotopic (exact) mass is 166 g/mol. The van der Waals surface area contributed by atoms with E-state index in [9.17, 15) is 0 Å². The first-order chi connectivity index (χ1) is 2.73. The van der Waals surface area contributed by atoms with Crippen molar-refractivity contribution in [1.82, 2.24) is 0 Å². The Bertz CT molecular complexity index is 38.8. The second-order valence-corrected chi connectivity index (χ2v) is 0.250. The second-order valence-electron chi connectivity index (χ2n) is 0.250.